The summed E-state index contributed by atoms with van der Waals surface area (Å²) in [6.07, 6.45) is 3.07. The first kappa shape index (κ1) is 5.31. The Balaban J connectivity index is 2.10. The minimum atomic E-state index is -1.52. The van der Waals surface area contributed by atoms with Gasteiger partial charge in [0.2, 0.25) is 0 Å². The standard InChI is InChI=1S/C2H2N2O.CHO2.Ag/c1-2-5-4-3-1;2-1-3;/h1-2H;(H,2,3);/q-2;;+2. The van der Waals surface area contributed by atoms with Gasteiger partial charge in [0.05, 0.1) is 0 Å². The zero-order valence-corrected chi connectivity index (χ0v) is 5.60. The Morgan fingerprint density at radius 2 is 2.56 bits per heavy atom. The SMILES string of the molecule is O=[C](O)[Ag]1[N]2C=CO[N]21. The normalized spacial score (nSPS) is 31.8. The van der Waals surface area contributed by atoms with Gasteiger partial charge >= 0.3 is 57.3 Å². The first-order valence-corrected chi connectivity index (χ1v) is 4.12. The third-order valence-corrected chi connectivity index (χ3v) is 3.23. The third kappa shape index (κ3) is 0.599. The van der Waals surface area contributed by atoms with Gasteiger partial charge in [-0.05, 0) is 0 Å². The molecule has 0 radical (unpaired) electrons. The van der Waals surface area contributed by atoms with Crippen LogP contribution in [0.4, 0.5) is 4.79 Å². The van der Waals surface area contributed by atoms with Gasteiger partial charge in [-0.2, -0.15) is 0 Å². The fraction of sp³-hybridized carbons (Fsp3) is 0. The Hall–Kier alpha value is -0.490. The monoisotopic (exact) mass is 222 g/mol. The summed E-state index contributed by atoms with van der Waals surface area (Å²) in [6.45, 7) is 0. The van der Waals surface area contributed by atoms with Crippen molar-refractivity contribution in [3.8, 4) is 0 Å². The zero-order valence-electron chi connectivity index (χ0n) is 4.11. The number of hydrogen-bond acceptors (Lipinski definition) is 4. The quantitative estimate of drug-likeness (QED) is 0.503. The van der Waals surface area contributed by atoms with Crippen LogP contribution in [0.25, 0.3) is 0 Å². The van der Waals surface area contributed by atoms with Crippen LogP contribution < -0.4 is 0 Å². The van der Waals surface area contributed by atoms with Crippen molar-refractivity contribution in [2.24, 2.45) is 0 Å². The molecule has 9 heavy (non-hydrogen) atoms. The summed E-state index contributed by atoms with van der Waals surface area (Å²) in [5.41, 5.74) is 0. The second-order valence-electron chi connectivity index (χ2n) is 1.26. The van der Waals surface area contributed by atoms with Crippen molar-refractivity contribution in [3.63, 3.8) is 0 Å². The summed E-state index contributed by atoms with van der Waals surface area (Å²) in [5.74, 6) is 0. The molecule has 1 saturated heterocycles. The summed E-state index contributed by atoms with van der Waals surface area (Å²) >= 11 is -1.52. The van der Waals surface area contributed by atoms with E-state index < -0.39 is 23.2 Å². The van der Waals surface area contributed by atoms with Gasteiger partial charge in [-0.15, -0.1) is 0 Å². The van der Waals surface area contributed by atoms with Crippen molar-refractivity contribution in [2.75, 3.05) is 0 Å². The molecule has 2 aliphatic rings. The molecule has 0 spiro atoms. The molecule has 0 saturated carbocycles. The molecular weight excluding hydrogens is 220 g/mol. The van der Waals surface area contributed by atoms with E-state index in [1.54, 1.807) is 9.61 Å². The molecular formula is C3H3AgN2O3. The van der Waals surface area contributed by atoms with Gasteiger partial charge in [0.25, 0.3) is 0 Å². The fourth-order valence-corrected chi connectivity index (χ4v) is 2.36. The molecule has 0 bridgehead atoms. The van der Waals surface area contributed by atoms with E-state index >= 15 is 0 Å². The van der Waals surface area contributed by atoms with Gasteiger partial charge in [0, 0.05) is 0 Å². The van der Waals surface area contributed by atoms with Gasteiger partial charge in [-0.3, -0.25) is 0 Å². The molecule has 0 aromatic carbocycles. The van der Waals surface area contributed by atoms with E-state index in [0.29, 0.717) is 0 Å². The molecule has 0 aromatic heterocycles. The summed E-state index contributed by atoms with van der Waals surface area (Å²) in [7, 11) is 0. The number of nitrogens with zero attached hydrogens (tertiary/aromatic N) is 2. The Morgan fingerprint density at radius 3 is 2.89 bits per heavy atom. The van der Waals surface area contributed by atoms with E-state index in [1.165, 1.54) is 9.84 Å². The van der Waals surface area contributed by atoms with Gasteiger partial charge < -0.3 is 0 Å². The molecule has 1 unspecified atom stereocenters. The Morgan fingerprint density at radius 1 is 1.78 bits per heavy atom. The van der Waals surface area contributed by atoms with Gasteiger partial charge in [-0.1, -0.05) is 0 Å². The summed E-state index contributed by atoms with van der Waals surface area (Å²) in [4.78, 5) is 15.0. The van der Waals surface area contributed by atoms with E-state index in [4.69, 9.17) is 9.94 Å². The maximum atomic E-state index is 10.2. The molecule has 6 heteroatoms. The predicted octanol–water partition coefficient (Wildman–Crippen LogP) is 0.0616. The molecule has 1 N–H and O–H groups in total. The zero-order chi connectivity index (χ0) is 6.43. The minimum absolute atomic E-state index is 0.786. The number of hydrazine groups is 1. The van der Waals surface area contributed by atoms with Crippen LogP contribution in [0.15, 0.2) is 12.5 Å². The van der Waals surface area contributed by atoms with Crippen molar-refractivity contribution >= 4 is 4.19 Å². The van der Waals surface area contributed by atoms with Crippen molar-refractivity contribution in [1.29, 1.82) is 0 Å². The van der Waals surface area contributed by atoms with Gasteiger partial charge in [0.15, 0.2) is 0 Å². The Bertz CT molecular complexity index is 193. The first-order valence-electron chi connectivity index (χ1n) is 2.06. The van der Waals surface area contributed by atoms with Crippen molar-refractivity contribution in [1.82, 2.24) is 6.99 Å². The fourth-order valence-electron chi connectivity index (χ4n) is 0.468. The van der Waals surface area contributed by atoms with Crippen molar-refractivity contribution < 1.29 is 33.7 Å². The van der Waals surface area contributed by atoms with Crippen LogP contribution >= 0.6 is 0 Å². The number of fused-ring (bicyclic) bond motifs is 1. The molecule has 1 atom stereocenters. The van der Waals surface area contributed by atoms with E-state index in [9.17, 15) is 4.79 Å². The van der Waals surface area contributed by atoms with Crippen molar-refractivity contribution in [3.05, 3.63) is 12.5 Å². The topological polar surface area (TPSA) is 52.5 Å². The molecule has 0 amide bonds. The second-order valence-corrected chi connectivity index (χ2v) is 4.10. The molecule has 1 fully saturated rings. The summed E-state index contributed by atoms with van der Waals surface area (Å²) < 4.78 is 2.16. The summed E-state index contributed by atoms with van der Waals surface area (Å²) in [5, 5.41) is 8.41. The summed E-state index contributed by atoms with van der Waals surface area (Å²) in [6, 6.07) is 0. The molecule has 2 aliphatic heterocycles. The van der Waals surface area contributed by atoms with Crippen LogP contribution in [0.5, 0.6) is 0 Å². The number of hydrogen-bond donors (Lipinski definition) is 1. The van der Waals surface area contributed by atoms with E-state index in [-0.39, 0.29) is 0 Å². The van der Waals surface area contributed by atoms with Crippen molar-refractivity contribution in [2.45, 2.75) is 0 Å². The van der Waals surface area contributed by atoms with E-state index in [0.717, 1.165) is 0 Å². The molecule has 2 heterocycles. The van der Waals surface area contributed by atoms with Crippen LogP contribution in [0.2, 0.25) is 0 Å². The third-order valence-electron chi connectivity index (χ3n) is 0.781. The van der Waals surface area contributed by atoms with E-state index in [1.807, 2.05) is 0 Å². The number of rotatable bonds is 1. The maximum absolute atomic E-state index is 10.2. The second kappa shape index (κ2) is 1.51. The molecule has 5 nitrogen and oxygen atoms in total. The molecule has 0 aliphatic carbocycles. The van der Waals surface area contributed by atoms with Crippen LogP contribution in [0.1, 0.15) is 0 Å². The molecule has 0 aromatic rings. The average Bonchev–Trinajstić information content (AvgIpc) is 2.30. The Labute approximate surface area is 57.8 Å². The van der Waals surface area contributed by atoms with Crippen LogP contribution in [0.3, 0.4) is 0 Å². The first-order chi connectivity index (χ1) is 4.30. The number of carboxylic acid groups (broad SMARTS) is 1. The number of carbonyl (C=O) groups is 1. The molecule has 2 rings (SSSR count). The average molecular weight is 223 g/mol. The van der Waals surface area contributed by atoms with Gasteiger partial charge in [-0.25, -0.2) is 0 Å². The van der Waals surface area contributed by atoms with Crippen LogP contribution in [-0.2, 0) is 23.8 Å². The van der Waals surface area contributed by atoms with E-state index in [2.05, 4.69) is 0 Å². The molecule has 54 valence electrons. The Kier molecular flexibility index (Phi) is 0.892. The van der Waals surface area contributed by atoms with Gasteiger partial charge in [0.1, 0.15) is 0 Å². The predicted molar refractivity (Wildman–Crippen MR) is 21.9 cm³/mol. The van der Waals surface area contributed by atoms with Crippen LogP contribution in [-0.4, -0.2) is 16.3 Å². The van der Waals surface area contributed by atoms with Crippen LogP contribution in [0, 0.1) is 0 Å².